The molecule has 1 unspecified atom stereocenters. The van der Waals surface area contributed by atoms with E-state index in [1.165, 1.54) is 0 Å². The lowest BCUT2D eigenvalue weighted by atomic mass is 10.0. The molecule has 0 aromatic heterocycles. The molecule has 0 bridgehead atoms. The molecule has 0 aliphatic carbocycles. The van der Waals surface area contributed by atoms with Gasteiger partial charge in [-0.15, -0.1) is 0 Å². The predicted molar refractivity (Wildman–Crippen MR) is 81.5 cm³/mol. The van der Waals surface area contributed by atoms with E-state index in [1.54, 1.807) is 31.2 Å². The number of hydrogen-bond donors (Lipinski definition) is 0. The van der Waals surface area contributed by atoms with Gasteiger partial charge in [-0.1, -0.05) is 30.3 Å². The zero-order chi connectivity index (χ0) is 15.4. The first-order valence-corrected chi connectivity index (χ1v) is 6.80. The van der Waals surface area contributed by atoms with Gasteiger partial charge in [0.1, 0.15) is 5.75 Å². The smallest absolute Gasteiger partial charge is 0.202 e. The van der Waals surface area contributed by atoms with Crippen LogP contribution in [-0.2, 0) is 0 Å². The summed E-state index contributed by atoms with van der Waals surface area (Å²) in [6.45, 7) is 5.50. The van der Waals surface area contributed by atoms with E-state index in [1.807, 2.05) is 32.0 Å². The lowest BCUT2D eigenvalue weighted by Gasteiger charge is -2.17. The minimum Gasteiger partial charge on any atom is -0.482 e. The third-order valence-corrected chi connectivity index (χ3v) is 3.31. The summed E-state index contributed by atoms with van der Waals surface area (Å²) in [5.41, 5.74) is 2.95. The number of nitrogens with zero attached hydrogens (tertiary/aromatic N) is 1. The molecule has 0 amide bonds. The van der Waals surface area contributed by atoms with E-state index < -0.39 is 6.10 Å². The standard InChI is InChI=1S/C18H17NO2/c1-12-9-15(11-19)10-13(2)18(12)21-14(3)17(20)16-7-5-4-6-8-16/h4-10,14H,1-3H3. The molecule has 0 saturated heterocycles. The first-order chi connectivity index (χ1) is 10.0. The van der Waals surface area contributed by atoms with Crippen molar-refractivity contribution in [2.75, 3.05) is 0 Å². The molecule has 3 nitrogen and oxygen atoms in total. The van der Waals surface area contributed by atoms with Crippen LogP contribution >= 0.6 is 0 Å². The van der Waals surface area contributed by atoms with Gasteiger partial charge in [-0.25, -0.2) is 0 Å². The Morgan fingerprint density at radius 2 is 1.71 bits per heavy atom. The van der Waals surface area contributed by atoms with Crippen LogP contribution in [-0.4, -0.2) is 11.9 Å². The first-order valence-electron chi connectivity index (χ1n) is 6.80. The van der Waals surface area contributed by atoms with Gasteiger partial charge in [0.25, 0.3) is 0 Å². The Labute approximate surface area is 124 Å². The highest BCUT2D eigenvalue weighted by atomic mass is 16.5. The molecule has 2 aromatic carbocycles. The molecule has 106 valence electrons. The minimum atomic E-state index is -0.572. The van der Waals surface area contributed by atoms with E-state index in [4.69, 9.17) is 10.00 Å². The number of hydrogen-bond acceptors (Lipinski definition) is 3. The van der Waals surface area contributed by atoms with Crippen molar-refractivity contribution < 1.29 is 9.53 Å². The Hall–Kier alpha value is -2.60. The second-order valence-electron chi connectivity index (χ2n) is 5.04. The number of nitriles is 1. The van der Waals surface area contributed by atoms with Gasteiger partial charge < -0.3 is 4.74 Å². The molecular weight excluding hydrogens is 262 g/mol. The number of carbonyl (C=O) groups is 1. The number of rotatable bonds is 4. The van der Waals surface area contributed by atoms with E-state index in [9.17, 15) is 4.79 Å². The molecule has 2 rings (SSSR count). The summed E-state index contributed by atoms with van der Waals surface area (Å²) >= 11 is 0. The van der Waals surface area contributed by atoms with E-state index in [-0.39, 0.29) is 5.78 Å². The molecule has 0 aliphatic rings. The van der Waals surface area contributed by atoms with E-state index in [0.717, 1.165) is 11.1 Å². The molecule has 0 radical (unpaired) electrons. The van der Waals surface area contributed by atoms with Crippen LogP contribution in [0.4, 0.5) is 0 Å². The minimum absolute atomic E-state index is 0.0567. The average Bonchev–Trinajstić information content (AvgIpc) is 2.50. The Kier molecular flexibility index (Phi) is 4.39. The largest absolute Gasteiger partial charge is 0.482 e. The molecule has 0 fully saturated rings. The normalized spacial score (nSPS) is 11.5. The molecule has 0 saturated carbocycles. The van der Waals surface area contributed by atoms with Crippen molar-refractivity contribution in [1.82, 2.24) is 0 Å². The summed E-state index contributed by atoms with van der Waals surface area (Å²) < 4.78 is 5.83. The lowest BCUT2D eigenvalue weighted by Crippen LogP contribution is -2.24. The van der Waals surface area contributed by atoms with Crippen LogP contribution in [0.15, 0.2) is 42.5 Å². The molecular formula is C18H17NO2. The van der Waals surface area contributed by atoms with Gasteiger partial charge in [-0.2, -0.15) is 5.26 Å². The first kappa shape index (κ1) is 14.8. The fourth-order valence-electron chi connectivity index (χ4n) is 2.27. The fraction of sp³-hybridized carbons (Fsp3) is 0.222. The summed E-state index contributed by atoms with van der Waals surface area (Å²) in [7, 11) is 0. The van der Waals surface area contributed by atoms with Crippen molar-refractivity contribution in [3.05, 3.63) is 64.7 Å². The Morgan fingerprint density at radius 3 is 2.24 bits per heavy atom. The number of Topliss-reactive ketones (excluding diaryl/α,β-unsaturated/α-hetero) is 1. The van der Waals surface area contributed by atoms with Crippen LogP contribution in [0.1, 0.15) is 34.0 Å². The molecule has 0 heterocycles. The maximum Gasteiger partial charge on any atom is 0.202 e. The van der Waals surface area contributed by atoms with Gasteiger partial charge in [0.15, 0.2) is 6.10 Å². The summed E-state index contributed by atoms with van der Waals surface area (Å²) in [6.07, 6.45) is -0.572. The SMILES string of the molecule is Cc1cc(C#N)cc(C)c1OC(C)C(=O)c1ccccc1. The van der Waals surface area contributed by atoms with Crippen LogP contribution in [0.2, 0.25) is 0 Å². The zero-order valence-electron chi connectivity index (χ0n) is 12.4. The predicted octanol–water partition coefficient (Wildman–Crippen LogP) is 3.83. The molecule has 2 aromatic rings. The topological polar surface area (TPSA) is 50.1 Å². The second-order valence-corrected chi connectivity index (χ2v) is 5.04. The number of ketones is 1. The van der Waals surface area contributed by atoms with Gasteiger partial charge in [0.05, 0.1) is 11.6 Å². The Bertz CT molecular complexity index is 676. The van der Waals surface area contributed by atoms with Crippen LogP contribution in [0, 0.1) is 25.2 Å². The summed E-state index contributed by atoms with van der Waals surface area (Å²) in [4.78, 5) is 12.3. The average molecular weight is 279 g/mol. The Balaban J connectivity index is 2.23. The van der Waals surface area contributed by atoms with Gasteiger partial charge in [0, 0.05) is 5.56 Å². The lowest BCUT2D eigenvalue weighted by molar-refractivity contribution is 0.0816. The molecule has 0 N–H and O–H groups in total. The van der Waals surface area contributed by atoms with Crippen LogP contribution in [0.3, 0.4) is 0 Å². The molecule has 21 heavy (non-hydrogen) atoms. The maximum atomic E-state index is 12.3. The van der Waals surface area contributed by atoms with Crippen molar-refractivity contribution in [3.63, 3.8) is 0 Å². The number of benzene rings is 2. The van der Waals surface area contributed by atoms with Crippen LogP contribution in [0.25, 0.3) is 0 Å². The maximum absolute atomic E-state index is 12.3. The summed E-state index contributed by atoms with van der Waals surface area (Å²) in [5.74, 6) is 0.615. The van der Waals surface area contributed by atoms with E-state index >= 15 is 0 Å². The summed E-state index contributed by atoms with van der Waals surface area (Å²) in [5, 5.41) is 8.95. The summed E-state index contributed by atoms with van der Waals surface area (Å²) in [6, 6.07) is 14.7. The third kappa shape index (κ3) is 3.29. The molecule has 0 aliphatic heterocycles. The van der Waals surface area contributed by atoms with Gasteiger partial charge in [-0.3, -0.25) is 4.79 Å². The van der Waals surface area contributed by atoms with E-state index in [2.05, 4.69) is 6.07 Å². The monoisotopic (exact) mass is 279 g/mol. The van der Waals surface area contributed by atoms with Crippen LogP contribution < -0.4 is 4.74 Å². The zero-order valence-corrected chi connectivity index (χ0v) is 12.4. The van der Waals surface area contributed by atoms with Crippen molar-refractivity contribution >= 4 is 5.78 Å². The highest BCUT2D eigenvalue weighted by Gasteiger charge is 2.18. The quantitative estimate of drug-likeness (QED) is 0.799. The van der Waals surface area contributed by atoms with Crippen LogP contribution in [0.5, 0.6) is 5.75 Å². The van der Waals surface area contributed by atoms with Crippen molar-refractivity contribution in [1.29, 1.82) is 5.26 Å². The van der Waals surface area contributed by atoms with E-state index in [0.29, 0.717) is 16.9 Å². The molecule has 0 spiro atoms. The number of carbonyl (C=O) groups excluding carboxylic acids is 1. The second kappa shape index (κ2) is 6.23. The van der Waals surface area contributed by atoms with Gasteiger partial charge >= 0.3 is 0 Å². The molecule has 1 atom stereocenters. The highest BCUT2D eigenvalue weighted by Crippen LogP contribution is 2.26. The molecule has 3 heteroatoms. The number of aryl methyl sites for hydroxylation is 2. The third-order valence-electron chi connectivity index (χ3n) is 3.31. The number of ether oxygens (including phenoxy) is 1. The van der Waals surface area contributed by atoms with Crippen molar-refractivity contribution in [2.45, 2.75) is 26.9 Å². The van der Waals surface area contributed by atoms with Crippen molar-refractivity contribution in [3.8, 4) is 11.8 Å². The highest BCUT2D eigenvalue weighted by molar-refractivity contribution is 5.99. The van der Waals surface area contributed by atoms with Gasteiger partial charge in [-0.05, 0) is 44.0 Å². The van der Waals surface area contributed by atoms with Gasteiger partial charge in [0.2, 0.25) is 5.78 Å². The van der Waals surface area contributed by atoms with Crippen molar-refractivity contribution in [2.24, 2.45) is 0 Å². The Morgan fingerprint density at radius 1 is 1.14 bits per heavy atom. The fourth-order valence-corrected chi connectivity index (χ4v) is 2.27.